The van der Waals surface area contributed by atoms with Gasteiger partial charge in [-0.2, -0.15) is 0 Å². The topological polar surface area (TPSA) is 66.1 Å². The first kappa shape index (κ1) is 19.6. The SMILES string of the molecule is Cc1sc2nc(CS[C@@H](C)C(=O)N(C)Cc3ccccc3)[nH]c(=O)c2c1C. The molecule has 1 amide bonds. The molecule has 3 aromatic rings. The summed E-state index contributed by atoms with van der Waals surface area (Å²) in [4.78, 5) is 36.0. The Labute approximate surface area is 166 Å². The number of thioether (sulfide) groups is 1. The number of aromatic nitrogens is 2. The van der Waals surface area contributed by atoms with E-state index in [1.807, 2.05) is 58.2 Å². The van der Waals surface area contributed by atoms with Gasteiger partial charge in [-0.25, -0.2) is 4.98 Å². The highest BCUT2D eigenvalue weighted by atomic mass is 32.2. The van der Waals surface area contributed by atoms with Crippen LogP contribution in [0.3, 0.4) is 0 Å². The summed E-state index contributed by atoms with van der Waals surface area (Å²) < 4.78 is 0. The molecule has 1 aromatic carbocycles. The predicted molar refractivity (Wildman–Crippen MR) is 113 cm³/mol. The van der Waals surface area contributed by atoms with Crippen molar-refractivity contribution in [2.24, 2.45) is 0 Å². The van der Waals surface area contributed by atoms with Crippen LogP contribution >= 0.6 is 23.1 Å². The van der Waals surface area contributed by atoms with Crippen LogP contribution in [0, 0.1) is 13.8 Å². The smallest absolute Gasteiger partial charge is 0.259 e. The molecule has 1 atom stereocenters. The van der Waals surface area contributed by atoms with Gasteiger partial charge < -0.3 is 9.88 Å². The third-order valence-corrected chi connectivity index (χ3v) is 6.79. The zero-order valence-corrected chi connectivity index (χ0v) is 17.5. The minimum Gasteiger partial charge on any atom is -0.340 e. The van der Waals surface area contributed by atoms with Crippen LogP contribution in [-0.4, -0.2) is 33.1 Å². The number of amides is 1. The van der Waals surface area contributed by atoms with Crippen molar-refractivity contribution in [2.45, 2.75) is 38.3 Å². The number of H-pyrrole nitrogens is 1. The van der Waals surface area contributed by atoms with Crippen LogP contribution in [0.2, 0.25) is 0 Å². The summed E-state index contributed by atoms with van der Waals surface area (Å²) in [5.74, 6) is 1.17. The van der Waals surface area contributed by atoms with Crippen LogP contribution in [0.1, 0.15) is 28.8 Å². The molecule has 0 fully saturated rings. The molecular weight excluding hydrogens is 378 g/mol. The standard InChI is InChI=1S/C20H23N3O2S2/c1-12-13(2)27-19-17(12)18(24)21-16(22-19)11-26-14(3)20(25)23(4)10-15-8-6-5-7-9-15/h5-9,14H,10-11H2,1-4H3,(H,21,22,24)/t14-/m0/s1. The van der Waals surface area contributed by atoms with Crippen LogP contribution in [0.25, 0.3) is 10.2 Å². The highest BCUT2D eigenvalue weighted by Gasteiger charge is 2.19. The molecule has 3 rings (SSSR count). The first-order chi connectivity index (χ1) is 12.9. The van der Waals surface area contributed by atoms with Crippen molar-refractivity contribution in [3.63, 3.8) is 0 Å². The molecule has 0 aliphatic heterocycles. The second-order valence-electron chi connectivity index (χ2n) is 6.61. The van der Waals surface area contributed by atoms with Gasteiger partial charge in [-0.1, -0.05) is 30.3 Å². The maximum Gasteiger partial charge on any atom is 0.259 e. The quantitative estimate of drug-likeness (QED) is 0.681. The summed E-state index contributed by atoms with van der Waals surface area (Å²) in [6.07, 6.45) is 0. The van der Waals surface area contributed by atoms with Gasteiger partial charge in [-0.15, -0.1) is 23.1 Å². The van der Waals surface area contributed by atoms with Crippen LogP contribution in [-0.2, 0) is 17.1 Å². The van der Waals surface area contributed by atoms with E-state index in [1.54, 1.807) is 4.90 Å². The van der Waals surface area contributed by atoms with Gasteiger partial charge in [-0.3, -0.25) is 9.59 Å². The molecule has 0 radical (unpaired) electrons. The highest BCUT2D eigenvalue weighted by molar-refractivity contribution is 7.99. The van der Waals surface area contributed by atoms with Crippen LogP contribution in [0.5, 0.6) is 0 Å². The molecule has 1 N–H and O–H groups in total. The molecule has 27 heavy (non-hydrogen) atoms. The number of aromatic amines is 1. The number of rotatable bonds is 6. The van der Waals surface area contributed by atoms with Gasteiger partial charge in [0.15, 0.2) is 0 Å². The monoisotopic (exact) mass is 401 g/mol. The summed E-state index contributed by atoms with van der Waals surface area (Å²) in [5, 5.41) is 0.462. The molecule has 0 saturated carbocycles. The molecule has 0 unspecified atom stereocenters. The number of benzene rings is 1. The van der Waals surface area contributed by atoms with E-state index < -0.39 is 0 Å². The number of thiophene rings is 1. The van der Waals surface area contributed by atoms with E-state index in [-0.39, 0.29) is 16.7 Å². The van der Waals surface area contributed by atoms with Gasteiger partial charge in [-0.05, 0) is 31.9 Å². The van der Waals surface area contributed by atoms with Gasteiger partial charge in [0.05, 0.1) is 16.4 Å². The molecule has 0 spiro atoms. The number of carbonyl (C=O) groups is 1. The Morgan fingerprint density at radius 1 is 1.30 bits per heavy atom. The Morgan fingerprint density at radius 3 is 2.70 bits per heavy atom. The van der Waals surface area contributed by atoms with Gasteiger partial charge in [0.1, 0.15) is 10.7 Å². The Balaban J connectivity index is 1.64. The lowest BCUT2D eigenvalue weighted by atomic mass is 10.2. The molecule has 0 bridgehead atoms. The van der Waals surface area contributed by atoms with Gasteiger partial charge >= 0.3 is 0 Å². The second kappa shape index (κ2) is 8.27. The van der Waals surface area contributed by atoms with Crippen molar-refractivity contribution >= 4 is 39.2 Å². The zero-order valence-electron chi connectivity index (χ0n) is 15.9. The fourth-order valence-corrected chi connectivity index (χ4v) is 4.80. The molecule has 0 saturated heterocycles. The molecule has 2 heterocycles. The minimum atomic E-state index is -0.216. The molecule has 7 heteroatoms. The average Bonchev–Trinajstić information content (AvgIpc) is 2.94. The average molecular weight is 402 g/mol. The molecule has 2 aromatic heterocycles. The number of hydrogen-bond acceptors (Lipinski definition) is 5. The molecule has 5 nitrogen and oxygen atoms in total. The number of hydrogen-bond donors (Lipinski definition) is 1. The molecule has 0 aliphatic rings. The zero-order chi connectivity index (χ0) is 19.6. The van der Waals surface area contributed by atoms with Crippen LogP contribution < -0.4 is 5.56 Å². The Kier molecular flexibility index (Phi) is 6.01. The van der Waals surface area contributed by atoms with E-state index in [9.17, 15) is 9.59 Å². The number of nitrogens with one attached hydrogen (secondary N) is 1. The Morgan fingerprint density at radius 2 is 2.00 bits per heavy atom. The number of fused-ring (bicyclic) bond motifs is 1. The first-order valence-corrected chi connectivity index (χ1v) is 10.6. The minimum absolute atomic E-state index is 0.0649. The van der Waals surface area contributed by atoms with Crippen molar-refractivity contribution in [1.29, 1.82) is 0 Å². The van der Waals surface area contributed by atoms with Crippen molar-refractivity contribution in [3.8, 4) is 0 Å². The molecule has 0 aliphatic carbocycles. The maximum atomic E-state index is 12.6. The second-order valence-corrected chi connectivity index (χ2v) is 9.14. The molecule has 142 valence electrons. The lowest BCUT2D eigenvalue weighted by Crippen LogP contribution is -2.32. The van der Waals surface area contributed by atoms with E-state index in [4.69, 9.17) is 0 Å². The fourth-order valence-electron chi connectivity index (χ4n) is 2.89. The lowest BCUT2D eigenvalue weighted by Gasteiger charge is -2.21. The van der Waals surface area contributed by atoms with E-state index in [0.29, 0.717) is 23.5 Å². The maximum absolute atomic E-state index is 12.6. The van der Waals surface area contributed by atoms with Crippen molar-refractivity contribution in [3.05, 3.63) is 62.5 Å². The summed E-state index contributed by atoms with van der Waals surface area (Å²) >= 11 is 3.02. The lowest BCUT2D eigenvalue weighted by molar-refractivity contribution is -0.129. The van der Waals surface area contributed by atoms with Gasteiger partial charge in [0.25, 0.3) is 5.56 Å². The largest absolute Gasteiger partial charge is 0.340 e. The first-order valence-electron chi connectivity index (χ1n) is 8.76. The predicted octanol–water partition coefficient (Wildman–Crippen LogP) is 3.88. The van der Waals surface area contributed by atoms with E-state index in [2.05, 4.69) is 9.97 Å². The van der Waals surface area contributed by atoms with Crippen molar-refractivity contribution in [2.75, 3.05) is 7.05 Å². The van der Waals surface area contributed by atoms with Gasteiger partial charge in [0.2, 0.25) is 5.91 Å². The Hall–Kier alpha value is -2.12. The van der Waals surface area contributed by atoms with E-state index >= 15 is 0 Å². The van der Waals surface area contributed by atoms with Crippen molar-refractivity contribution in [1.82, 2.24) is 14.9 Å². The van der Waals surface area contributed by atoms with Crippen LogP contribution in [0.4, 0.5) is 0 Å². The summed E-state index contributed by atoms with van der Waals surface area (Å²) in [7, 11) is 1.82. The third kappa shape index (κ3) is 4.42. The highest BCUT2D eigenvalue weighted by Crippen LogP contribution is 2.26. The van der Waals surface area contributed by atoms with E-state index in [0.717, 1.165) is 20.8 Å². The number of nitrogens with zero attached hydrogens (tertiary/aromatic N) is 2. The van der Waals surface area contributed by atoms with Gasteiger partial charge in [0, 0.05) is 18.5 Å². The third-order valence-electron chi connectivity index (χ3n) is 4.54. The Bertz CT molecular complexity index is 1010. The van der Waals surface area contributed by atoms with E-state index in [1.165, 1.54) is 23.1 Å². The number of carbonyl (C=O) groups excluding carboxylic acids is 1. The van der Waals surface area contributed by atoms with Crippen LogP contribution in [0.15, 0.2) is 35.1 Å². The summed E-state index contributed by atoms with van der Waals surface area (Å²) in [6, 6.07) is 9.92. The van der Waals surface area contributed by atoms with Crippen molar-refractivity contribution < 1.29 is 4.79 Å². The normalized spacial score (nSPS) is 12.3. The number of aryl methyl sites for hydroxylation is 2. The fraction of sp³-hybridized carbons (Fsp3) is 0.350. The summed E-state index contributed by atoms with van der Waals surface area (Å²) in [6.45, 7) is 6.42. The summed E-state index contributed by atoms with van der Waals surface area (Å²) in [5.41, 5.74) is 2.00. The molecular formula is C20H23N3O2S2.